The fourth-order valence-electron chi connectivity index (χ4n) is 3.54. The normalized spacial score (nSPS) is 15.6. The number of halogens is 4. The van der Waals surface area contributed by atoms with Crippen LogP contribution in [0.1, 0.15) is 26.7 Å². The molecule has 0 spiro atoms. The number of benzene rings is 2. The second-order valence-electron chi connectivity index (χ2n) is 8.19. The molecule has 188 valence electrons. The molecule has 12 heteroatoms. The van der Waals surface area contributed by atoms with Crippen molar-refractivity contribution in [2.45, 2.75) is 38.8 Å². The monoisotopic (exact) mass is 612 g/mol. The fraction of sp³-hybridized carbons (Fsp3) is 0.455. The Labute approximate surface area is 211 Å². The molecule has 2 aromatic carbocycles. The van der Waals surface area contributed by atoms with Gasteiger partial charge in [0.05, 0.1) is 24.1 Å². The second kappa shape index (κ2) is 11.9. The van der Waals surface area contributed by atoms with E-state index >= 15 is 0 Å². The highest BCUT2D eigenvalue weighted by Gasteiger charge is 2.29. The SMILES string of the molecule is CC(C)OCCNC1CCN(S(=O)(=O)Nc2ccc(F)c(F)c2Nc2ccc(I)cc2F)CC1. The van der Waals surface area contributed by atoms with Crippen molar-refractivity contribution in [3.8, 4) is 0 Å². The minimum atomic E-state index is -4.05. The maximum atomic E-state index is 14.6. The number of piperidine rings is 1. The van der Waals surface area contributed by atoms with Crippen LogP contribution in [0.4, 0.5) is 30.2 Å². The van der Waals surface area contributed by atoms with E-state index in [0.29, 0.717) is 29.6 Å². The summed E-state index contributed by atoms with van der Waals surface area (Å²) in [5, 5.41) is 5.84. The van der Waals surface area contributed by atoms with Crippen LogP contribution in [0.15, 0.2) is 30.3 Å². The van der Waals surface area contributed by atoms with Gasteiger partial charge in [-0.15, -0.1) is 0 Å². The van der Waals surface area contributed by atoms with Crippen molar-refractivity contribution in [2.75, 3.05) is 36.3 Å². The molecule has 1 heterocycles. The van der Waals surface area contributed by atoms with Gasteiger partial charge in [0.2, 0.25) is 0 Å². The first-order chi connectivity index (χ1) is 16.1. The maximum absolute atomic E-state index is 14.6. The lowest BCUT2D eigenvalue weighted by Crippen LogP contribution is -2.47. The van der Waals surface area contributed by atoms with Crippen LogP contribution >= 0.6 is 22.6 Å². The molecule has 0 radical (unpaired) electrons. The molecule has 34 heavy (non-hydrogen) atoms. The average Bonchev–Trinajstić information content (AvgIpc) is 2.78. The molecule has 7 nitrogen and oxygen atoms in total. The van der Waals surface area contributed by atoms with Gasteiger partial charge in [0.25, 0.3) is 0 Å². The first-order valence-corrected chi connectivity index (χ1v) is 13.4. The molecule has 1 saturated heterocycles. The van der Waals surface area contributed by atoms with Crippen molar-refractivity contribution in [3.05, 3.63) is 51.4 Å². The molecule has 1 aliphatic heterocycles. The largest absolute Gasteiger partial charge is 0.377 e. The zero-order chi connectivity index (χ0) is 24.9. The van der Waals surface area contributed by atoms with Crippen LogP contribution in [0.25, 0.3) is 0 Å². The van der Waals surface area contributed by atoms with Gasteiger partial charge >= 0.3 is 10.2 Å². The summed E-state index contributed by atoms with van der Waals surface area (Å²) in [4.78, 5) is 0. The Hall–Kier alpha value is -1.61. The quantitative estimate of drug-likeness (QED) is 0.270. The molecule has 0 aromatic heterocycles. The van der Waals surface area contributed by atoms with Crippen molar-refractivity contribution < 1.29 is 26.3 Å². The van der Waals surface area contributed by atoms with E-state index < -0.39 is 33.3 Å². The topological polar surface area (TPSA) is 82.7 Å². The molecule has 1 aliphatic rings. The van der Waals surface area contributed by atoms with Gasteiger partial charge in [0.1, 0.15) is 11.5 Å². The smallest absolute Gasteiger partial charge is 0.301 e. The Bertz CT molecular complexity index is 1100. The van der Waals surface area contributed by atoms with Crippen LogP contribution in [-0.2, 0) is 14.9 Å². The Morgan fingerprint density at radius 3 is 2.41 bits per heavy atom. The number of nitrogens with zero attached hydrogens (tertiary/aromatic N) is 1. The van der Waals surface area contributed by atoms with Crippen LogP contribution in [0.3, 0.4) is 0 Å². The molecule has 3 N–H and O–H groups in total. The lowest BCUT2D eigenvalue weighted by Gasteiger charge is -2.32. The van der Waals surface area contributed by atoms with Gasteiger partial charge in [0.15, 0.2) is 11.6 Å². The lowest BCUT2D eigenvalue weighted by atomic mass is 10.1. The molecule has 0 atom stereocenters. The third-order valence-corrected chi connectivity index (χ3v) is 7.50. The Morgan fingerprint density at radius 1 is 1.09 bits per heavy atom. The summed E-state index contributed by atoms with van der Waals surface area (Å²) in [6.07, 6.45) is 1.34. The summed E-state index contributed by atoms with van der Waals surface area (Å²) in [6.45, 7) is 5.69. The number of hydrogen-bond acceptors (Lipinski definition) is 5. The summed E-state index contributed by atoms with van der Waals surface area (Å²) in [6, 6.07) is 6.25. The first-order valence-electron chi connectivity index (χ1n) is 10.9. The summed E-state index contributed by atoms with van der Waals surface area (Å²) < 4.78 is 78.4. The van der Waals surface area contributed by atoms with Crippen molar-refractivity contribution in [1.29, 1.82) is 0 Å². The van der Waals surface area contributed by atoms with Crippen molar-refractivity contribution in [1.82, 2.24) is 9.62 Å². The van der Waals surface area contributed by atoms with E-state index in [4.69, 9.17) is 4.74 Å². The highest BCUT2D eigenvalue weighted by Crippen LogP contribution is 2.33. The number of nitrogens with one attached hydrogen (secondary N) is 3. The van der Waals surface area contributed by atoms with E-state index in [1.165, 1.54) is 16.4 Å². The van der Waals surface area contributed by atoms with E-state index in [-0.39, 0.29) is 36.6 Å². The van der Waals surface area contributed by atoms with Gasteiger partial charge in [-0.1, -0.05) is 0 Å². The number of hydrogen-bond donors (Lipinski definition) is 3. The Kier molecular flexibility index (Phi) is 9.43. The van der Waals surface area contributed by atoms with Crippen molar-refractivity contribution in [2.24, 2.45) is 0 Å². The predicted octanol–water partition coefficient (Wildman–Crippen LogP) is 4.59. The molecular formula is C22H28F3IN4O3S. The zero-order valence-electron chi connectivity index (χ0n) is 18.9. The number of rotatable bonds is 10. The summed E-state index contributed by atoms with van der Waals surface area (Å²) in [5.74, 6) is -3.19. The van der Waals surface area contributed by atoms with Gasteiger partial charge in [-0.05, 0) is 79.6 Å². The van der Waals surface area contributed by atoms with E-state index in [2.05, 4.69) is 15.4 Å². The maximum Gasteiger partial charge on any atom is 0.301 e. The van der Waals surface area contributed by atoms with Crippen molar-refractivity contribution >= 4 is 49.9 Å². The summed E-state index contributed by atoms with van der Waals surface area (Å²) >= 11 is 1.92. The molecule has 0 aliphatic carbocycles. The van der Waals surface area contributed by atoms with Crippen LogP contribution in [0.5, 0.6) is 0 Å². The second-order valence-corrected chi connectivity index (χ2v) is 11.1. The van der Waals surface area contributed by atoms with Gasteiger partial charge < -0.3 is 15.4 Å². The van der Waals surface area contributed by atoms with Crippen LogP contribution in [0.2, 0.25) is 0 Å². The van der Waals surface area contributed by atoms with E-state index in [0.717, 1.165) is 12.1 Å². The minimum absolute atomic E-state index is 0.112. The standard InChI is InChI=1S/C22H28F3IN4O3S/c1-14(2)33-12-9-27-16-7-10-30(11-8-16)34(31,32)29-20-6-4-17(23)21(25)22(20)28-19-5-3-15(26)13-18(19)24/h3-6,13-14,16,27-29H,7-12H2,1-2H3. The predicted molar refractivity (Wildman–Crippen MR) is 135 cm³/mol. The molecule has 0 saturated carbocycles. The molecule has 0 amide bonds. The van der Waals surface area contributed by atoms with E-state index in [9.17, 15) is 21.6 Å². The third-order valence-electron chi connectivity index (χ3n) is 5.30. The highest BCUT2D eigenvalue weighted by atomic mass is 127. The summed E-state index contributed by atoms with van der Waals surface area (Å²) in [7, 11) is -4.05. The fourth-order valence-corrected chi connectivity index (χ4v) is 5.27. The molecule has 1 fully saturated rings. The third kappa shape index (κ3) is 7.20. The van der Waals surface area contributed by atoms with Gasteiger partial charge in [0, 0.05) is 29.2 Å². The van der Waals surface area contributed by atoms with Crippen LogP contribution < -0.4 is 15.4 Å². The van der Waals surface area contributed by atoms with Crippen LogP contribution in [0, 0.1) is 21.0 Å². The molecular weight excluding hydrogens is 584 g/mol. The zero-order valence-corrected chi connectivity index (χ0v) is 21.9. The Balaban J connectivity index is 1.68. The van der Waals surface area contributed by atoms with E-state index in [1.807, 2.05) is 36.4 Å². The average molecular weight is 612 g/mol. The minimum Gasteiger partial charge on any atom is -0.377 e. The lowest BCUT2D eigenvalue weighted by molar-refractivity contribution is 0.0781. The first kappa shape index (κ1) is 27.0. The molecule has 3 rings (SSSR count). The number of ether oxygens (including phenoxy) is 1. The summed E-state index contributed by atoms with van der Waals surface area (Å²) in [5.41, 5.74) is -0.827. The number of anilines is 3. The highest BCUT2D eigenvalue weighted by molar-refractivity contribution is 14.1. The van der Waals surface area contributed by atoms with Gasteiger partial charge in [-0.2, -0.15) is 12.7 Å². The Morgan fingerprint density at radius 2 is 1.76 bits per heavy atom. The molecule has 2 aromatic rings. The van der Waals surface area contributed by atoms with Crippen LogP contribution in [-0.4, -0.2) is 51.1 Å². The molecule has 0 bridgehead atoms. The van der Waals surface area contributed by atoms with Gasteiger partial charge in [-0.25, -0.2) is 13.2 Å². The van der Waals surface area contributed by atoms with E-state index in [1.54, 1.807) is 6.07 Å². The van der Waals surface area contributed by atoms with Crippen molar-refractivity contribution in [3.63, 3.8) is 0 Å². The molecule has 0 unspecified atom stereocenters. The van der Waals surface area contributed by atoms with Gasteiger partial charge in [-0.3, -0.25) is 4.72 Å².